The van der Waals surface area contributed by atoms with Crippen molar-refractivity contribution in [1.82, 2.24) is 0 Å². The largest absolute Gasteiger partial charge is 0.481 e. The number of carboxylic acids is 1. The third kappa shape index (κ3) is 15.9. The Morgan fingerprint density at radius 2 is 1.14 bits per heavy atom. The predicted octanol–water partition coefficient (Wildman–Crippen LogP) is 6.68. The molecule has 0 aromatic carbocycles. The van der Waals surface area contributed by atoms with Gasteiger partial charge in [-0.1, -0.05) is 91.9 Å². The van der Waals surface area contributed by atoms with E-state index in [0.29, 0.717) is 6.42 Å². The second-order valence-electron chi connectivity index (χ2n) is 7.81. The summed E-state index contributed by atoms with van der Waals surface area (Å²) in [6.45, 7) is 9.33. The number of rotatable bonds is 15. The van der Waals surface area contributed by atoms with E-state index in [1.54, 1.807) is 0 Å². The molecule has 0 fully saturated rings. The molecule has 22 heavy (non-hydrogen) atoms. The molecule has 1 N–H and O–H groups in total. The molecule has 2 atom stereocenters. The Morgan fingerprint density at radius 3 is 1.59 bits per heavy atom. The van der Waals surface area contributed by atoms with Crippen LogP contribution in [0.25, 0.3) is 0 Å². The number of carboxylic acid groups (broad SMARTS) is 1. The van der Waals surface area contributed by atoms with Gasteiger partial charge in [-0.15, -0.1) is 0 Å². The fourth-order valence-electron chi connectivity index (χ4n) is 3.03. The second kappa shape index (κ2) is 14.1. The van der Waals surface area contributed by atoms with Gasteiger partial charge >= 0.3 is 5.97 Å². The normalized spacial score (nSPS) is 14.2. The Kier molecular flexibility index (Phi) is 13.7. The van der Waals surface area contributed by atoms with Crippen molar-refractivity contribution < 1.29 is 9.90 Å². The zero-order chi connectivity index (χ0) is 16.8. The van der Waals surface area contributed by atoms with E-state index in [1.165, 1.54) is 57.8 Å². The Morgan fingerprint density at radius 1 is 0.682 bits per heavy atom. The molecule has 2 nitrogen and oxygen atoms in total. The molecule has 132 valence electrons. The van der Waals surface area contributed by atoms with E-state index in [9.17, 15) is 4.79 Å². The van der Waals surface area contributed by atoms with E-state index < -0.39 is 5.97 Å². The first-order valence-electron chi connectivity index (χ1n) is 9.63. The minimum Gasteiger partial charge on any atom is -0.481 e. The van der Waals surface area contributed by atoms with Gasteiger partial charge in [-0.2, -0.15) is 0 Å². The van der Waals surface area contributed by atoms with Crippen LogP contribution in [0.2, 0.25) is 0 Å². The number of hydrogen-bond donors (Lipinski definition) is 1. The fraction of sp³-hybridized carbons (Fsp3) is 0.950. The van der Waals surface area contributed by atoms with Gasteiger partial charge in [0, 0.05) is 6.42 Å². The van der Waals surface area contributed by atoms with Gasteiger partial charge in [-0.3, -0.25) is 4.79 Å². The monoisotopic (exact) mass is 312 g/mol. The van der Waals surface area contributed by atoms with Gasteiger partial charge in [0.2, 0.25) is 0 Å². The first-order valence-corrected chi connectivity index (χ1v) is 9.63. The summed E-state index contributed by atoms with van der Waals surface area (Å²) in [6, 6.07) is 0. The summed E-state index contributed by atoms with van der Waals surface area (Å²) in [5.74, 6) is 1.81. The lowest BCUT2D eigenvalue weighted by Gasteiger charge is -2.15. The highest BCUT2D eigenvalue weighted by molar-refractivity contribution is 5.66. The summed E-state index contributed by atoms with van der Waals surface area (Å²) >= 11 is 0. The topological polar surface area (TPSA) is 37.3 Å². The van der Waals surface area contributed by atoms with Crippen LogP contribution in [-0.4, -0.2) is 11.1 Å². The van der Waals surface area contributed by atoms with Crippen LogP contribution < -0.4 is 0 Å². The molecule has 0 aliphatic carbocycles. The molecule has 0 aromatic heterocycles. The van der Waals surface area contributed by atoms with E-state index in [-0.39, 0.29) is 0 Å². The maximum atomic E-state index is 10.5. The van der Waals surface area contributed by atoms with E-state index in [1.807, 2.05) is 0 Å². The molecule has 0 aliphatic rings. The molecule has 0 saturated heterocycles. The van der Waals surface area contributed by atoms with Crippen molar-refractivity contribution in [3.8, 4) is 0 Å². The molecule has 0 rings (SSSR count). The lowest BCUT2D eigenvalue weighted by atomic mass is 9.91. The first-order chi connectivity index (χ1) is 10.4. The zero-order valence-electron chi connectivity index (χ0n) is 15.6. The summed E-state index contributed by atoms with van der Waals surface area (Å²) in [4.78, 5) is 10.5. The second-order valence-corrected chi connectivity index (χ2v) is 7.81. The van der Waals surface area contributed by atoms with Crippen molar-refractivity contribution in [3.63, 3.8) is 0 Å². The standard InChI is InChI=1S/C20H40O2/c1-17(2)11-7-5-6-8-12-18(3)15-16-19(4)13-9-10-14-20(21)22/h17-19H,5-16H2,1-4H3,(H,21,22). The zero-order valence-corrected chi connectivity index (χ0v) is 15.6. The lowest BCUT2D eigenvalue weighted by molar-refractivity contribution is -0.137. The van der Waals surface area contributed by atoms with Crippen molar-refractivity contribution in [2.45, 2.75) is 105 Å². The Hall–Kier alpha value is -0.530. The molecule has 0 radical (unpaired) electrons. The highest BCUT2D eigenvalue weighted by atomic mass is 16.4. The molecular weight excluding hydrogens is 272 g/mol. The Bertz CT molecular complexity index is 260. The van der Waals surface area contributed by atoms with Crippen LogP contribution in [-0.2, 0) is 4.79 Å². The van der Waals surface area contributed by atoms with Gasteiger partial charge in [0.15, 0.2) is 0 Å². The van der Waals surface area contributed by atoms with Crippen molar-refractivity contribution in [3.05, 3.63) is 0 Å². The summed E-state index contributed by atoms with van der Waals surface area (Å²) in [6.07, 6.45) is 14.5. The van der Waals surface area contributed by atoms with Crippen molar-refractivity contribution in [1.29, 1.82) is 0 Å². The van der Waals surface area contributed by atoms with Crippen LogP contribution in [0.4, 0.5) is 0 Å². The van der Waals surface area contributed by atoms with Gasteiger partial charge in [0.05, 0.1) is 0 Å². The average molecular weight is 313 g/mol. The minimum atomic E-state index is -0.658. The molecule has 0 aromatic rings. The van der Waals surface area contributed by atoms with Crippen molar-refractivity contribution in [2.75, 3.05) is 0 Å². The van der Waals surface area contributed by atoms with Gasteiger partial charge in [0.25, 0.3) is 0 Å². The number of carbonyl (C=O) groups is 1. The molecule has 0 heterocycles. The van der Waals surface area contributed by atoms with Crippen LogP contribution in [0.5, 0.6) is 0 Å². The van der Waals surface area contributed by atoms with Crippen LogP contribution >= 0.6 is 0 Å². The van der Waals surface area contributed by atoms with Crippen molar-refractivity contribution >= 4 is 5.97 Å². The van der Waals surface area contributed by atoms with Gasteiger partial charge in [0.1, 0.15) is 0 Å². The van der Waals surface area contributed by atoms with Gasteiger partial charge in [-0.05, 0) is 24.2 Å². The Balaban J connectivity index is 3.40. The van der Waals surface area contributed by atoms with Crippen LogP contribution in [0.15, 0.2) is 0 Å². The smallest absolute Gasteiger partial charge is 0.303 e. The molecule has 0 aliphatic heterocycles. The van der Waals surface area contributed by atoms with Gasteiger partial charge in [-0.25, -0.2) is 0 Å². The van der Waals surface area contributed by atoms with E-state index in [2.05, 4.69) is 27.7 Å². The average Bonchev–Trinajstić information content (AvgIpc) is 2.44. The SMILES string of the molecule is CC(C)CCCCCCC(C)CCC(C)CCCCC(=O)O. The summed E-state index contributed by atoms with van der Waals surface area (Å²) < 4.78 is 0. The lowest BCUT2D eigenvalue weighted by Crippen LogP contribution is -2.02. The highest BCUT2D eigenvalue weighted by Gasteiger charge is 2.07. The molecule has 0 amide bonds. The first kappa shape index (κ1) is 21.5. The maximum absolute atomic E-state index is 10.5. The molecular formula is C20H40O2. The fourth-order valence-corrected chi connectivity index (χ4v) is 3.03. The van der Waals surface area contributed by atoms with E-state index in [4.69, 9.17) is 5.11 Å². The predicted molar refractivity (Wildman–Crippen MR) is 96.2 cm³/mol. The summed E-state index contributed by atoms with van der Waals surface area (Å²) in [7, 11) is 0. The molecule has 0 spiro atoms. The van der Waals surface area contributed by atoms with E-state index in [0.717, 1.165) is 30.6 Å². The summed E-state index contributed by atoms with van der Waals surface area (Å²) in [5, 5.41) is 8.62. The maximum Gasteiger partial charge on any atom is 0.303 e. The van der Waals surface area contributed by atoms with Crippen molar-refractivity contribution in [2.24, 2.45) is 17.8 Å². The van der Waals surface area contributed by atoms with Crippen LogP contribution in [0.3, 0.4) is 0 Å². The third-order valence-electron chi connectivity index (χ3n) is 4.72. The third-order valence-corrected chi connectivity index (χ3v) is 4.72. The molecule has 0 bridgehead atoms. The minimum absolute atomic E-state index is 0.333. The van der Waals surface area contributed by atoms with E-state index >= 15 is 0 Å². The number of hydrogen-bond acceptors (Lipinski definition) is 1. The number of aliphatic carboxylic acids is 1. The molecule has 2 unspecified atom stereocenters. The highest BCUT2D eigenvalue weighted by Crippen LogP contribution is 2.22. The molecule has 0 saturated carbocycles. The van der Waals surface area contributed by atoms with Gasteiger partial charge < -0.3 is 5.11 Å². The quantitative estimate of drug-likeness (QED) is 0.342. The summed E-state index contributed by atoms with van der Waals surface area (Å²) in [5.41, 5.74) is 0. The van der Waals surface area contributed by atoms with Crippen LogP contribution in [0.1, 0.15) is 105 Å². The number of unbranched alkanes of at least 4 members (excludes halogenated alkanes) is 4. The Labute approximate surface area is 139 Å². The van der Waals surface area contributed by atoms with Crippen LogP contribution in [0, 0.1) is 17.8 Å². The molecule has 2 heteroatoms.